The molecule has 0 radical (unpaired) electrons. The van der Waals surface area contributed by atoms with E-state index in [9.17, 15) is 4.79 Å². The van der Waals surface area contributed by atoms with Gasteiger partial charge in [0.25, 0.3) is 0 Å². The molecule has 1 spiro atoms. The SMILES string of the molecule is CCc1ncc(CN2CCC3(CCC(=O)N(CCc4ccccn4)C3)CC2)cn1. The maximum atomic E-state index is 12.5. The van der Waals surface area contributed by atoms with Crippen molar-refractivity contribution in [3.63, 3.8) is 0 Å². The first kappa shape index (κ1) is 20.0. The van der Waals surface area contributed by atoms with Crippen LogP contribution in [0.5, 0.6) is 0 Å². The fourth-order valence-corrected chi connectivity index (χ4v) is 4.60. The molecule has 4 heterocycles. The molecular weight excluding hydrogens is 362 g/mol. The Hall–Kier alpha value is -2.34. The van der Waals surface area contributed by atoms with Crippen molar-refractivity contribution < 1.29 is 4.79 Å². The molecule has 0 atom stereocenters. The second-order valence-electron chi connectivity index (χ2n) is 8.52. The maximum Gasteiger partial charge on any atom is 0.222 e. The van der Waals surface area contributed by atoms with Crippen molar-refractivity contribution in [2.45, 2.75) is 52.0 Å². The van der Waals surface area contributed by atoms with Gasteiger partial charge in [0.05, 0.1) is 0 Å². The van der Waals surface area contributed by atoms with Gasteiger partial charge in [-0.25, -0.2) is 9.97 Å². The van der Waals surface area contributed by atoms with Gasteiger partial charge in [-0.2, -0.15) is 0 Å². The zero-order chi connectivity index (χ0) is 20.1. The summed E-state index contributed by atoms with van der Waals surface area (Å²) in [6.45, 7) is 6.84. The number of carbonyl (C=O) groups excluding carboxylic acids is 1. The van der Waals surface area contributed by atoms with Crippen LogP contribution in [0.2, 0.25) is 0 Å². The van der Waals surface area contributed by atoms with Crippen molar-refractivity contribution in [3.8, 4) is 0 Å². The number of likely N-dealkylation sites (tertiary alicyclic amines) is 2. The van der Waals surface area contributed by atoms with E-state index in [4.69, 9.17) is 0 Å². The minimum absolute atomic E-state index is 0.289. The smallest absolute Gasteiger partial charge is 0.222 e. The van der Waals surface area contributed by atoms with Gasteiger partial charge in [-0.05, 0) is 49.9 Å². The zero-order valence-corrected chi connectivity index (χ0v) is 17.4. The number of hydrogen-bond acceptors (Lipinski definition) is 5. The number of aryl methyl sites for hydroxylation is 1. The number of carbonyl (C=O) groups is 1. The number of rotatable bonds is 6. The minimum atomic E-state index is 0.289. The van der Waals surface area contributed by atoms with Crippen LogP contribution in [0.1, 0.15) is 49.7 Å². The van der Waals surface area contributed by atoms with Gasteiger partial charge in [0.2, 0.25) is 5.91 Å². The van der Waals surface area contributed by atoms with E-state index in [1.54, 1.807) is 0 Å². The molecule has 6 nitrogen and oxygen atoms in total. The van der Waals surface area contributed by atoms with Crippen LogP contribution in [-0.4, -0.2) is 56.8 Å². The Kier molecular flexibility index (Phi) is 6.19. The highest BCUT2D eigenvalue weighted by atomic mass is 16.2. The molecule has 2 aliphatic heterocycles. The van der Waals surface area contributed by atoms with Gasteiger partial charge in [0, 0.05) is 68.7 Å². The molecule has 6 heteroatoms. The summed E-state index contributed by atoms with van der Waals surface area (Å²) < 4.78 is 0. The van der Waals surface area contributed by atoms with Gasteiger partial charge >= 0.3 is 0 Å². The lowest BCUT2D eigenvalue weighted by atomic mass is 9.72. The molecule has 0 aromatic carbocycles. The Labute approximate surface area is 173 Å². The number of piperidine rings is 2. The second-order valence-corrected chi connectivity index (χ2v) is 8.52. The van der Waals surface area contributed by atoms with Crippen molar-refractivity contribution in [1.29, 1.82) is 0 Å². The molecule has 29 heavy (non-hydrogen) atoms. The highest BCUT2D eigenvalue weighted by Gasteiger charge is 2.40. The average Bonchev–Trinajstić information content (AvgIpc) is 2.77. The Morgan fingerprint density at radius 3 is 2.55 bits per heavy atom. The molecule has 0 aliphatic carbocycles. The Morgan fingerprint density at radius 2 is 1.86 bits per heavy atom. The summed E-state index contributed by atoms with van der Waals surface area (Å²) in [5.41, 5.74) is 2.54. The van der Waals surface area contributed by atoms with E-state index in [0.717, 1.165) is 76.3 Å². The van der Waals surface area contributed by atoms with Gasteiger partial charge in [-0.3, -0.25) is 14.7 Å². The van der Waals surface area contributed by atoms with E-state index in [1.165, 1.54) is 5.56 Å². The molecule has 2 fully saturated rings. The molecule has 0 bridgehead atoms. The van der Waals surface area contributed by atoms with Crippen LogP contribution in [0.25, 0.3) is 0 Å². The number of nitrogens with zero attached hydrogens (tertiary/aromatic N) is 5. The normalized spacial score (nSPS) is 19.6. The second kappa shape index (κ2) is 8.99. The summed E-state index contributed by atoms with van der Waals surface area (Å²) in [4.78, 5) is 30.3. The van der Waals surface area contributed by atoms with Crippen LogP contribution in [-0.2, 0) is 24.2 Å². The van der Waals surface area contributed by atoms with Gasteiger partial charge < -0.3 is 4.90 Å². The molecule has 2 aromatic heterocycles. The lowest BCUT2D eigenvalue weighted by Crippen LogP contribution is -2.51. The van der Waals surface area contributed by atoms with Crippen LogP contribution >= 0.6 is 0 Å². The number of hydrogen-bond donors (Lipinski definition) is 0. The molecule has 0 saturated carbocycles. The van der Waals surface area contributed by atoms with E-state index in [0.29, 0.717) is 12.3 Å². The van der Waals surface area contributed by atoms with Gasteiger partial charge in [0.1, 0.15) is 5.82 Å². The molecule has 2 aromatic rings. The maximum absolute atomic E-state index is 12.5. The van der Waals surface area contributed by atoms with E-state index in [1.807, 2.05) is 36.8 Å². The predicted molar refractivity (Wildman–Crippen MR) is 112 cm³/mol. The van der Waals surface area contributed by atoms with Crippen molar-refractivity contribution in [2.24, 2.45) is 5.41 Å². The summed E-state index contributed by atoms with van der Waals surface area (Å²) in [5, 5.41) is 0. The lowest BCUT2D eigenvalue weighted by Gasteiger charge is -2.47. The van der Waals surface area contributed by atoms with Crippen LogP contribution in [0.3, 0.4) is 0 Å². The van der Waals surface area contributed by atoms with Crippen molar-refractivity contribution >= 4 is 5.91 Å². The summed E-state index contributed by atoms with van der Waals surface area (Å²) in [6, 6.07) is 5.99. The molecule has 1 amide bonds. The van der Waals surface area contributed by atoms with Gasteiger partial charge in [-0.1, -0.05) is 13.0 Å². The Morgan fingerprint density at radius 1 is 1.07 bits per heavy atom. The number of aromatic nitrogens is 3. The summed E-state index contributed by atoms with van der Waals surface area (Å²) >= 11 is 0. The summed E-state index contributed by atoms with van der Waals surface area (Å²) in [7, 11) is 0. The molecule has 2 aliphatic rings. The minimum Gasteiger partial charge on any atom is -0.342 e. The summed E-state index contributed by atoms with van der Waals surface area (Å²) in [5.74, 6) is 1.21. The van der Waals surface area contributed by atoms with Crippen LogP contribution in [0.4, 0.5) is 0 Å². The van der Waals surface area contributed by atoms with Crippen LogP contribution < -0.4 is 0 Å². The monoisotopic (exact) mass is 393 g/mol. The highest BCUT2D eigenvalue weighted by molar-refractivity contribution is 5.77. The van der Waals surface area contributed by atoms with Crippen molar-refractivity contribution in [1.82, 2.24) is 24.8 Å². The third-order valence-electron chi connectivity index (χ3n) is 6.51. The molecule has 2 saturated heterocycles. The number of amides is 1. The average molecular weight is 394 g/mol. The van der Waals surface area contributed by atoms with Crippen LogP contribution in [0.15, 0.2) is 36.8 Å². The molecule has 0 N–H and O–H groups in total. The zero-order valence-electron chi connectivity index (χ0n) is 17.4. The fourth-order valence-electron chi connectivity index (χ4n) is 4.60. The first-order valence-electron chi connectivity index (χ1n) is 10.9. The predicted octanol–water partition coefficient (Wildman–Crippen LogP) is 2.88. The standard InChI is InChI=1S/C23H31N5O/c1-2-21-25-15-19(16-26-21)17-27-13-9-23(10-14-27)8-6-22(29)28(18-23)12-7-20-5-3-4-11-24-20/h3-5,11,15-16H,2,6-10,12-14,17-18H2,1H3. The highest BCUT2D eigenvalue weighted by Crippen LogP contribution is 2.40. The largest absolute Gasteiger partial charge is 0.342 e. The van der Waals surface area contributed by atoms with Crippen LogP contribution in [0, 0.1) is 5.41 Å². The molecule has 4 rings (SSSR count). The third-order valence-corrected chi connectivity index (χ3v) is 6.51. The van der Waals surface area contributed by atoms with E-state index >= 15 is 0 Å². The van der Waals surface area contributed by atoms with E-state index < -0.39 is 0 Å². The molecule has 0 unspecified atom stereocenters. The van der Waals surface area contributed by atoms with E-state index in [-0.39, 0.29) is 5.41 Å². The molecular formula is C23H31N5O. The topological polar surface area (TPSA) is 62.2 Å². The lowest BCUT2D eigenvalue weighted by molar-refractivity contribution is -0.139. The van der Waals surface area contributed by atoms with Gasteiger partial charge in [0.15, 0.2) is 0 Å². The van der Waals surface area contributed by atoms with E-state index in [2.05, 4.69) is 31.7 Å². The van der Waals surface area contributed by atoms with Gasteiger partial charge in [-0.15, -0.1) is 0 Å². The first-order valence-corrected chi connectivity index (χ1v) is 10.9. The fraction of sp³-hybridized carbons (Fsp3) is 0.565. The Bertz CT molecular complexity index is 800. The first-order chi connectivity index (χ1) is 14.2. The molecule has 154 valence electrons. The number of pyridine rings is 1. The summed E-state index contributed by atoms with van der Waals surface area (Å²) in [6.07, 6.45) is 11.5. The Balaban J connectivity index is 1.30. The third kappa shape index (κ3) is 4.99. The van der Waals surface area contributed by atoms with Crippen molar-refractivity contribution in [3.05, 3.63) is 53.9 Å². The van der Waals surface area contributed by atoms with Crippen molar-refractivity contribution in [2.75, 3.05) is 26.2 Å². The quantitative estimate of drug-likeness (QED) is 0.755.